The van der Waals surface area contributed by atoms with Crippen molar-refractivity contribution < 1.29 is 17.2 Å². The number of rotatable bonds is 2. The van der Waals surface area contributed by atoms with Crippen LogP contribution in [0.2, 0.25) is 0 Å². The largest absolute Gasteiger partial charge is 0.326 e. The molecule has 0 spiro atoms. The Bertz CT molecular complexity index is 558. The van der Waals surface area contributed by atoms with Gasteiger partial charge in [0.15, 0.2) is 0 Å². The van der Waals surface area contributed by atoms with Crippen LogP contribution in [0.25, 0.3) is 0 Å². The van der Waals surface area contributed by atoms with Gasteiger partial charge in [-0.05, 0) is 18.1 Å². The molecule has 4 nitrogen and oxygen atoms in total. The van der Waals surface area contributed by atoms with Gasteiger partial charge in [-0.1, -0.05) is 6.92 Å². The van der Waals surface area contributed by atoms with Gasteiger partial charge in [0.25, 0.3) is 0 Å². The molecular weight excluding hydrogens is 298 g/mol. The monoisotopic (exact) mass is 312 g/mol. The highest BCUT2D eigenvalue weighted by molar-refractivity contribution is 7.89. The van der Waals surface area contributed by atoms with Gasteiger partial charge in [0, 0.05) is 25.2 Å². The number of nitrogens with two attached hydrogens (primary N) is 1. The lowest BCUT2D eigenvalue weighted by Gasteiger charge is -2.16. The minimum atomic E-state index is -3.94. The van der Waals surface area contributed by atoms with Crippen LogP contribution in [0, 0.1) is 17.6 Å². The third-order valence-electron chi connectivity index (χ3n) is 3.15. The summed E-state index contributed by atoms with van der Waals surface area (Å²) in [5.41, 5.74) is 5.75. The first-order valence-corrected chi connectivity index (χ1v) is 6.97. The van der Waals surface area contributed by atoms with Crippen molar-refractivity contribution in [2.45, 2.75) is 17.9 Å². The molecule has 2 unspecified atom stereocenters. The van der Waals surface area contributed by atoms with Crippen LogP contribution in [0.1, 0.15) is 6.92 Å². The average molecular weight is 313 g/mol. The molecule has 0 aromatic heterocycles. The van der Waals surface area contributed by atoms with Gasteiger partial charge in [-0.2, -0.15) is 4.31 Å². The van der Waals surface area contributed by atoms with Crippen molar-refractivity contribution in [2.75, 3.05) is 13.1 Å². The molecule has 1 heterocycles. The zero-order valence-corrected chi connectivity index (χ0v) is 11.8. The molecule has 1 fully saturated rings. The number of hydrogen-bond donors (Lipinski definition) is 1. The normalized spacial score (nSPS) is 24.2. The molecular formula is C11H15ClF2N2O2S. The van der Waals surface area contributed by atoms with Crippen molar-refractivity contribution in [3.05, 3.63) is 29.8 Å². The predicted octanol–water partition coefficient (Wildman–Crippen LogP) is 1.35. The molecule has 0 radical (unpaired) electrons. The summed E-state index contributed by atoms with van der Waals surface area (Å²) < 4.78 is 51.8. The smallest absolute Gasteiger partial charge is 0.246 e. The Balaban J connectivity index is 0.00000180. The van der Waals surface area contributed by atoms with E-state index in [0.29, 0.717) is 6.07 Å². The van der Waals surface area contributed by atoms with Gasteiger partial charge in [-0.25, -0.2) is 17.2 Å². The highest BCUT2D eigenvalue weighted by Crippen LogP contribution is 2.25. The Labute approximate surface area is 117 Å². The van der Waals surface area contributed by atoms with Crippen LogP contribution < -0.4 is 5.73 Å². The van der Waals surface area contributed by atoms with E-state index in [2.05, 4.69) is 0 Å². The Hall–Kier alpha value is -0.760. The fourth-order valence-electron chi connectivity index (χ4n) is 1.97. The van der Waals surface area contributed by atoms with E-state index in [9.17, 15) is 17.2 Å². The zero-order chi connectivity index (χ0) is 13.5. The number of hydrogen-bond acceptors (Lipinski definition) is 3. The van der Waals surface area contributed by atoms with Crippen LogP contribution in [-0.4, -0.2) is 31.9 Å². The average Bonchev–Trinajstić information content (AvgIpc) is 2.59. The van der Waals surface area contributed by atoms with Crippen molar-refractivity contribution in [1.29, 1.82) is 0 Å². The summed E-state index contributed by atoms with van der Waals surface area (Å²) >= 11 is 0. The number of benzene rings is 1. The lowest BCUT2D eigenvalue weighted by atomic mass is 10.1. The Morgan fingerprint density at radius 1 is 1.32 bits per heavy atom. The van der Waals surface area contributed by atoms with E-state index in [1.54, 1.807) is 0 Å². The molecule has 2 atom stereocenters. The van der Waals surface area contributed by atoms with E-state index >= 15 is 0 Å². The van der Waals surface area contributed by atoms with Crippen LogP contribution >= 0.6 is 12.4 Å². The van der Waals surface area contributed by atoms with E-state index < -0.39 is 26.6 Å². The van der Waals surface area contributed by atoms with Gasteiger partial charge >= 0.3 is 0 Å². The first-order chi connectivity index (χ1) is 8.32. The maximum absolute atomic E-state index is 13.5. The molecule has 2 rings (SSSR count). The quantitative estimate of drug-likeness (QED) is 0.896. The van der Waals surface area contributed by atoms with Crippen molar-refractivity contribution in [3.63, 3.8) is 0 Å². The fourth-order valence-corrected chi connectivity index (χ4v) is 3.59. The lowest BCUT2D eigenvalue weighted by molar-refractivity contribution is 0.456. The molecule has 19 heavy (non-hydrogen) atoms. The molecule has 0 saturated carbocycles. The Morgan fingerprint density at radius 3 is 2.42 bits per heavy atom. The van der Waals surface area contributed by atoms with E-state index in [4.69, 9.17) is 5.73 Å². The summed E-state index contributed by atoms with van der Waals surface area (Å²) in [4.78, 5) is -0.509. The second-order valence-electron chi connectivity index (χ2n) is 4.54. The highest BCUT2D eigenvalue weighted by Gasteiger charge is 2.36. The van der Waals surface area contributed by atoms with E-state index in [1.807, 2.05) is 6.92 Å². The summed E-state index contributed by atoms with van der Waals surface area (Å²) in [5.74, 6) is -1.87. The van der Waals surface area contributed by atoms with Crippen molar-refractivity contribution in [1.82, 2.24) is 4.31 Å². The summed E-state index contributed by atoms with van der Waals surface area (Å²) in [5, 5.41) is 0. The van der Waals surface area contributed by atoms with E-state index in [0.717, 1.165) is 16.4 Å². The summed E-state index contributed by atoms with van der Waals surface area (Å²) in [6.45, 7) is 2.24. The molecule has 1 aromatic rings. The fraction of sp³-hybridized carbons (Fsp3) is 0.455. The Morgan fingerprint density at radius 2 is 1.95 bits per heavy atom. The van der Waals surface area contributed by atoms with Gasteiger partial charge in [0.2, 0.25) is 10.0 Å². The summed E-state index contributed by atoms with van der Waals surface area (Å²) in [6.07, 6.45) is 0. The molecule has 1 aliphatic rings. The van der Waals surface area contributed by atoms with Crippen LogP contribution in [0.3, 0.4) is 0 Å². The third kappa shape index (κ3) is 3.05. The maximum Gasteiger partial charge on any atom is 0.246 e. The third-order valence-corrected chi connectivity index (χ3v) is 5.01. The lowest BCUT2D eigenvalue weighted by Crippen LogP contribution is -2.32. The molecule has 2 N–H and O–H groups in total. The first-order valence-electron chi connectivity index (χ1n) is 5.53. The second kappa shape index (κ2) is 5.70. The standard InChI is InChI=1S/C11H14F2N2O2S.ClH/c1-7-5-15(6-10(7)14)18(16,17)11-3-2-8(12)4-9(11)13;/h2-4,7,10H,5-6,14H2,1H3;1H. The zero-order valence-electron chi connectivity index (χ0n) is 10.2. The molecule has 8 heteroatoms. The molecule has 1 aromatic carbocycles. The van der Waals surface area contributed by atoms with Gasteiger partial charge in [0.05, 0.1) is 0 Å². The predicted molar refractivity (Wildman–Crippen MR) is 69.5 cm³/mol. The van der Waals surface area contributed by atoms with Gasteiger partial charge in [0.1, 0.15) is 16.5 Å². The van der Waals surface area contributed by atoms with Crippen molar-refractivity contribution >= 4 is 22.4 Å². The minimum Gasteiger partial charge on any atom is -0.326 e. The van der Waals surface area contributed by atoms with Crippen LogP contribution in [0.15, 0.2) is 23.1 Å². The first kappa shape index (κ1) is 16.3. The number of nitrogens with zero attached hydrogens (tertiary/aromatic N) is 1. The van der Waals surface area contributed by atoms with Crippen LogP contribution in [0.5, 0.6) is 0 Å². The van der Waals surface area contributed by atoms with Crippen LogP contribution in [-0.2, 0) is 10.0 Å². The van der Waals surface area contributed by atoms with Crippen LogP contribution in [0.4, 0.5) is 8.78 Å². The number of halogens is 3. The van der Waals surface area contributed by atoms with Crippen molar-refractivity contribution in [3.8, 4) is 0 Å². The second-order valence-corrected chi connectivity index (χ2v) is 6.44. The minimum absolute atomic E-state index is 0. The van der Waals surface area contributed by atoms with Crippen molar-refractivity contribution in [2.24, 2.45) is 11.7 Å². The molecule has 0 bridgehead atoms. The molecule has 0 amide bonds. The highest BCUT2D eigenvalue weighted by atomic mass is 35.5. The van der Waals surface area contributed by atoms with Gasteiger partial charge < -0.3 is 5.73 Å². The topological polar surface area (TPSA) is 63.4 Å². The SMILES string of the molecule is CC1CN(S(=O)(=O)c2ccc(F)cc2F)CC1N.Cl. The molecule has 0 aliphatic carbocycles. The molecule has 108 valence electrons. The van der Waals surface area contributed by atoms with E-state index in [-0.39, 0.29) is 37.5 Å². The summed E-state index contributed by atoms with van der Waals surface area (Å²) in [6, 6.07) is 2.17. The van der Waals surface area contributed by atoms with E-state index in [1.165, 1.54) is 0 Å². The Kier molecular flexibility index (Phi) is 4.89. The summed E-state index contributed by atoms with van der Waals surface area (Å²) in [7, 11) is -3.94. The molecule has 1 saturated heterocycles. The van der Waals surface area contributed by atoms with Gasteiger partial charge in [-0.15, -0.1) is 12.4 Å². The molecule has 1 aliphatic heterocycles. The number of sulfonamides is 1. The van der Waals surface area contributed by atoms with Gasteiger partial charge in [-0.3, -0.25) is 0 Å². The maximum atomic E-state index is 13.5.